The highest BCUT2D eigenvalue weighted by Crippen LogP contribution is 2.54. The summed E-state index contributed by atoms with van der Waals surface area (Å²) >= 11 is 19.9. The van der Waals surface area contributed by atoms with Gasteiger partial charge in [0.25, 0.3) is 0 Å². The number of thiol groups is 3. The number of halogens is 2. The van der Waals surface area contributed by atoms with Crippen molar-refractivity contribution in [1.82, 2.24) is 0 Å². The van der Waals surface area contributed by atoms with Gasteiger partial charge >= 0.3 is 0 Å². The van der Waals surface area contributed by atoms with Crippen LogP contribution in [0.5, 0.6) is 0 Å². The van der Waals surface area contributed by atoms with E-state index in [4.69, 9.17) is 33.7 Å². The van der Waals surface area contributed by atoms with E-state index >= 15 is 0 Å². The molecule has 0 amide bonds. The maximum atomic E-state index is 14.5. The minimum absolute atomic E-state index is 0.162. The molecule has 0 radical (unpaired) electrons. The third kappa shape index (κ3) is 3.29. The lowest BCUT2D eigenvalue weighted by Crippen LogP contribution is -2.60. The second-order valence-electron chi connectivity index (χ2n) is 7.27. The van der Waals surface area contributed by atoms with Crippen molar-refractivity contribution >= 4 is 49.5 Å². The van der Waals surface area contributed by atoms with Crippen LogP contribution < -0.4 is 0 Å². The van der Waals surface area contributed by atoms with Crippen LogP contribution in [0.2, 0.25) is 5.02 Å². The highest BCUT2D eigenvalue weighted by atomic mass is 35.5. The minimum Gasteiger partial charge on any atom is -0.393 e. The van der Waals surface area contributed by atoms with Crippen LogP contribution in [0.1, 0.15) is 16.7 Å². The predicted octanol–water partition coefficient (Wildman–Crippen LogP) is 3.91. The smallest absolute Gasteiger partial charge is 0.208 e. The number of ether oxygens (including phenoxy) is 2. The first-order valence-corrected chi connectivity index (χ1v) is 10.8. The van der Waals surface area contributed by atoms with Crippen LogP contribution in [0.3, 0.4) is 0 Å². The van der Waals surface area contributed by atoms with Crippen molar-refractivity contribution in [3.63, 3.8) is 0 Å². The Morgan fingerprint density at radius 1 is 1.11 bits per heavy atom. The highest BCUT2D eigenvalue weighted by molar-refractivity contribution is 7.87. The average molecular weight is 459 g/mol. The molecule has 0 aliphatic carbocycles. The molecule has 1 N–H and O–H groups in total. The summed E-state index contributed by atoms with van der Waals surface area (Å²) in [5.41, 5.74) is 1.11. The lowest BCUT2D eigenvalue weighted by molar-refractivity contribution is -0.218. The van der Waals surface area contributed by atoms with Gasteiger partial charge in [0.15, 0.2) is 0 Å². The third-order valence-corrected chi connectivity index (χ3v) is 8.26. The molecule has 2 heterocycles. The Labute approximate surface area is 184 Å². The maximum Gasteiger partial charge on any atom is 0.208 e. The Hall–Kier alpha value is -0.410. The molecule has 0 saturated carbocycles. The fourth-order valence-corrected chi connectivity index (χ4v) is 5.38. The molecule has 2 aliphatic rings. The number of rotatable bonds is 4. The van der Waals surface area contributed by atoms with Gasteiger partial charge in [-0.25, -0.2) is 4.39 Å². The average Bonchev–Trinajstić information content (AvgIpc) is 3.08. The van der Waals surface area contributed by atoms with Crippen molar-refractivity contribution in [3.8, 4) is 0 Å². The standard InChI is InChI=1S/C20H20ClFO3S3/c21-14-4-1-11(2-5-14)7-12-8-13(3-6-15(12)22)20-18(28)16(26)17(27)19(9-23,25-20)10-24-20/h1-6,8,16-18,23,26-28H,7,9-10H2/t16-,17+,18+,19-,20-/m0/s1. The van der Waals surface area contributed by atoms with E-state index < -0.39 is 16.6 Å². The number of hydrogen-bond donors (Lipinski definition) is 4. The van der Waals surface area contributed by atoms with Gasteiger partial charge in [-0.1, -0.05) is 29.8 Å². The molecule has 0 unspecified atom stereocenters. The Balaban J connectivity index is 1.72. The Bertz CT molecular complexity index is 883. The zero-order valence-corrected chi connectivity index (χ0v) is 18.2. The molecule has 2 aromatic carbocycles. The first-order chi connectivity index (χ1) is 13.3. The number of hydrogen-bond acceptors (Lipinski definition) is 6. The largest absolute Gasteiger partial charge is 0.393 e. The zero-order valence-electron chi connectivity index (χ0n) is 14.8. The number of aliphatic hydroxyl groups is 1. The van der Waals surface area contributed by atoms with Gasteiger partial charge < -0.3 is 14.6 Å². The molecular formula is C20H20ClFO3S3. The summed E-state index contributed by atoms with van der Waals surface area (Å²) in [6.45, 7) is -0.0883. The van der Waals surface area contributed by atoms with Gasteiger partial charge in [-0.05, 0) is 35.4 Å². The van der Waals surface area contributed by atoms with Crippen LogP contribution in [0.25, 0.3) is 0 Å². The van der Waals surface area contributed by atoms with E-state index in [1.807, 2.05) is 12.1 Å². The van der Waals surface area contributed by atoms with Gasteiger partial charge in [-0.15, -0.1) is 0 Å². The van der Waals surface area contributed by atoms with E-state index in [2.05, 4.69) is 25.3 Å². The Kier molecular flexibility index (Phi) is 5.72. The molecule has 150 valence electrons. The topological polar surface area (TPSA) is 38.7 Å². The lowest BCUT2D eigenvalue weighted by Gasteiger charge is -2.47. The molecule has 0 spiro atoms. The van der Waals surface area contributed by atoms with Crippen LogP contribution in [-0.4, -0.2) is 39.7 Å². The van der Waals surface area contributed by atoms with Crippen LogP contribution in [0.15, 0.2) is 42.5 Å². The summed E-state index contributed by atoms with van der Waals surface area (Å²) in [6, 6.07) is 12.1. The molecule has 4 rings (SSSR count). The molecule has 2 aliphatic heterocycles. The SMILES string of the molecule is OC[C@@]12CO[C@@](c3ccc(F)c(Cc4ccc(Cl)cc4)c3)(O1)[C@H](S)[C@@H](S)[C@H]2S. The van der Waals surface area contributed by atoms with Gasteiger partial charge in [0.2, 0.25) is 5.79 Å². The summed E-state index contributed by atoms with van der Waals surface area (Å²) in [5.74, 6) is -1.54. The zero-order chi connectivity index (χ0) is 20.1. The monoisotopic (exact) mass is 458 g/mol. The summed E-state index contributed by atoms with van der Waals surface area (Å²) in [7, 11) is 0. The maximum absolute atomic E-state index is 14.5. The summed E-state index contributed by atoms with van der Waals surface area (Å²) < 4.78 is 26.8. The van der Waals surface area contributed by atoms with E-state index in [1.54, 1.807) is 24.3 Å². The molecule has 2 bridgehead atoms. The lowest BCUT2D eigenvalue weighted by atomic mass is 9.88. The van der Waals surface area contributed by atoms with Crippen molar-refractivity contribution in [3.05, 3.63) is 70.0 Å². The van der Waals surface area contributed by atoms with Gasteiger partial charge in [0, 0.05) is 27.5 Å². The molecule has 28 heavy (non-hydrogen) atoms. The van der Waals surface area contributed by atoms with Crippen molar-refractivity contribution in [2.45, 2.75) is 33.6 Å². The number of aliphatic hydroxyl groups excluding tert-OH is 1. The fourth-order valence-electron chi connectivity index (χ4n) is 3.82. The molecule has 8 heteroatoms. The first kappa shape index (κ1) is 20.8. The van der Waals surface area contributed by atoms with E-state index in [9.17, 15) is 9.50 Å². The normalized spacial score (nSPS) is 34.6. The highest BCUT2D eigenvalue weighted by Gasteiger charge is 2.65. The molecular weight excluding hydrogens is 439 g/mol. The van der Waals surface area contributed by atoms with E-state index in [1.165, 1.54) is 6.07 Å². The molecule has 0 aromatic heterocycles. The van der Waals surface area contributed by atoms with Crippen molar-refractivity contribution in [1.29, 1.82) is 0 Å². The van der Waals surface area contributed by atoms with Crippen LogP contribution in [-0.2, 0) is 21.7 Å². The molecule has 2 saturated heterocycles. The van der Waals surface area contributed by atoms with E-state index in [-0.39, 0.29) is 29.5 Å². The Morgan fingerprint density at radius 3 is 2.50 bits per heavy atom. The van der Waals surface area contributed by atoms with E-state index in [0.29, 0.717) is 22.6 Å². The number of benzene rings is 2. The van der Waals surface area contributed by atoms with E-state index in [0.717, 1.165) is 5.56 Å². The molecule has 5 atom stereocenters. The second-order valence-corrected chi connectivity index (χ2v) is 9.42. The minimum atomic E-state index is -1.22. The van der Waals surface area contributed by atoms with Crippen molar-refractivity contribution in [2.24, 2.45) is 0 Å². The molecule has 3 nitrogen and oxygen atoms in total. The number of fused-ring (bicyclic) bond motifs is 2. The second kappa shape index (κ2) is 7.69. The first-order valence-electron chi connectivity index (χ1n) is 8.84. The van der Waals surface area contributed by atoms with Crippen LogP contribution in [0, 0.1) is 5.82 Å². The molecule has 2 fully saturated rings. The quantitative estimate of drug-likeness (QED) is 0.525. The third-order valence-electron chi connectivity index (χ3n) is 5.48. The Morgan fingerprint density at radius 2 is 1.82 bits per heavy atom. The predicted molar refractivity (Wildman–Crippen MR) is 118 cm³/mol. The fraction of sp³-hybridized carbons (Fsp3) is 0.400. The van der Waals surface area contributed by atoms with Crippen LogP contribution in [0.4, 0.5) is 4.39 Å². The van der Waals surface area contributed by atoms with Gasteiger partial charge in [0.1, 0.15) is 11.4 Å². The van der Waals surface area contributed by atoms with Gasteiger partial charge in [-0.2, -0.15) is 37.9 Å². The van der Waals surface area contributed by atoms with Crippen molar-refractivity contribution in [2.75, 3.05) is 13.2 Å². The van der Waals surface area contributed by atoms with Gasteiger partial charge in [-0.3, -0.25) is 0 Å². The summed E-state index contributed by atoms with van der Waals surface area (Å²) in [5, 5.41) is 9.47. The van der Waals surface area contributed by atoms with Crippen molar-refractivity contribution < 1.29 is 19.0 Å². The molecule has 2 aromatic rings. The van der Waals surface area contributed by atoms with Gasteiger partial charge in [0.05, 0.1) is 18.5 Å². The summed E-state index contributed by atoms with van der Waals surface area (Å²) in [6.07, 6.45) is 0.398. The summed E-state index contributed by atoms with van der Waals surface area (Å²) in [4.78, 5) is 0. The van der Waals surface area contributed by atoms with Crippen LogP contribution >= 0.6 is 49.5 Å².